The Morgan fingerprint density at radius 3 is 2.33 bits per heavy atom. The molecule has 0 aliphatic carbocycles. The third kappa shape index (κ3) is 4.07. The quantitative estimate of drug-likeness (QED) is 0.837. The van der Waals surface area contributed by atoms with Gasteiger partial charge in [-0.15, -0.1) is 0 Å². The monoisotopic (exact) mass is 364 g/mol. The number of anilines is 2. The number of piperidine rings is 1. The maximum atomic E-state index is 13.0. The van der Waals surface area contributed by atoms with E-state index < -0.39 is 0 Å². The normalized spacial score (nSPS) is 17.9. The highest BCUT2D eigenvalue weighted by molar-refractivity contribution is 5.95. The number of pyridine rings is 1. The van der Waals surface area contributed by atoms with E-state index in [1.807, 2.05) is 17.2 Å². The summed E-state index contributed by atoms with van der Waals surface area (Å²) in [5.74, 6) is 0.102. The Bertz CT molecular complexity index is 792. The summed E-state index contributed by atoms with van der Waals surface area (Å²) in [5.41, 5.74) is 4.31. The van der Waals surface area contributed by atoms with Crippen molar-refractivity contribution in [2.75, 3.05) is 49.1 Å². The van der Waals surface area contributed by atoms with Crippen molar-refractivity contribution in [2.24, 2.45) is 0 Å². The molecule has 2 aliphatic heterocycles. The van der Waals surface area contributed by atoms with E-state index in [4.69, 9.17) is 0 Å². The maximum absolute atomic E-state index is 13.0. The average Bonchev–Trinajstić information content (AvgIpc) is 2.74. The highest BCUT2D eigenvalue weighted by atomic mass is 16.2. The lowest BCUT2D eigenvalue weighted by Crippen LogP contribution is -2.48. The van der Waals surface area contributed by atoms with Crippen molar-refractivity contribution in [3.63, 3.8) is 0 Å². The zero-order chi connectivity index (χ0) is 18.6. The van der Waals surface area contributed by atoms with Gasteiger partial charge in [-0.05, 0) is 49.9 Å². The third-order valence-corrected chi connectivity index (χ3v) is 5.63. The zero-order valence-electron chi connectivity index (χ0n) is 16.1. The summed E-state index contributed by atoms with van der Waals surface area (Å²) in [4.78, 5) is 24.0. The van der Waals surface area contributed by atoms with Gasteiger partial charge in [0.1, 0.15) is 0 Å². The number of hydrogen-bond acceptors (Lipinski definition) is 4. The van der Waals surface area contributed by atoms with Crippen LogP contribution in [0.1, 0.15) is 35.2 Å². The van der Waals surface area contributed by atoms with Crippen LogP contribution in [0.15, 0.2) is 42.7 Å². The Hall–Kier alpha value is -2.56. The first-order valence-electron chi connectivity index (χ1n) is 10.0. The summed E-state index contributed by atoms with van der Waals surface area (Å²) in [6.45, 7) is 7.49. The molecule has 0 N–H and O–H groups in total. The van der Waals surface area contributed by atoms with Crippen LogP contribution in [0, 0.1) is 6.92 Å². The molecule has 0 unspecified atom stereocenters. The van der Waals surface area contributed by atoms with Crippen LogP contribution in [0.3, 0.4) is 0 Å². The van der Waals surface area contributed by atoms with Crippen LogP contribution in [-0.2, 0) is 0 Å². The molecule has 2 fully saturated rings. The molecule has 5 nitrogen and oxygen atoms in total. The number of hydrogen-bond donors (Lipinski definition) is 0. The molecule has 2 saturated heterocycles. The SMILES string of the molecule is Cc1cccc(N2CCN(C(=O)c3cncc(N4CCCCC4)c3)CC2)c1. The van der Waals surface area contributed by atoms with Crippen molar-refractivity contribution >= 4 is 17.3 Å². The number of piperazine rings is 1. The van der Waals surface area contributed by atoms with Crippen LogP contribution < -0.4 is 9.80 Å². The first-order valence-corrected chi connectivity index (χ1v) is 10.0. The molecule has 0 atom stereocenters. The highest BCUT2D eigenvalue weighted by Crippen LogP contribution is 2.22. The molecule has 0 bridgehead atoms. The fourth-order valence-electron chi connectivity index (χ4n) is 4.04. The second-order valence-corrected chi connectivity index (χ2v) is 7.60. The van der Waals surface area contributed by atoms with Crippen LogP contribution in [0.5, 0.6) is 0 Å². The van der Waals surface area contributed by atoms with Crippen molar-refractivity contribution < 1.29 is 4.79 Å². The third-order valence-electron chi connectivity index (χ3n) is 5.63. The Labute approximate surface area is 161 Å². The number of benzene rings is 1. The van der Waals surface area contributed by atoms with Crippen LogP contribution in [0.25, 0.3) is 0 Å². The van der Waals surface area contributed by atoms with E-state index in [2.05, 4.69) is 46.0 Å². The average molecular weight is 364 g/mol. The van der Waals surface area contributed by atoms with Gasteiger partial charge in [0.2, 0.25) is 0 Å². The van der Waals surface area contributed by atoms with Gasteiger partial charge in [0.15, 0.2) is 0 Å². The number of carbonyl (C=O) groups excluding carboxylic acids is 1. The summed E-state index contributed by atoms with van der Waals surface area (Å²) in [6.07, 6.45) is 7.34. The molecular formula is C22H28N4O. The number of carbonyl (C=O) groups is 1. The minimum absolute atomic E-state index is 0.102. The smallest absolute Gasteiger partial charge is 0.255 e. The first-order chi connectivity index (χ1) is 13.2. The predicted octanol–water partition coefficient (Wildman–Crippen LogP) is 3.34. The van der Waals surface area contributed by atoms with Crippen molar-refractivity contribution in [2.45, 2.75) is 26.2 Å². The van der Waals surface area contributed by atoms with Gasteiger partial charge in [-0.25, -0.2) is 0 Å². The first kappa shape index (κ1) is 17.8. The van der Waals surface area contributed by atoms with E-state index in [9.17, 15) is 4.79 Å². The molecule has 0 radical (unpaired) electrons. The summed E-state index contributed by atoms with van der Waals surface area (Å²) in [7, 11) is 0. The largest absolute Gasteiger partial charge is 0.370 e. The molecule has 0 spiro atoms. The van der Waals surface area contributed by atoms with Gasteiger partial charge in [-0.3, -0.25) is 9.78 Å². The van der Waals surface area contributed by atoms with Crippen LogP contribution >= 0.6 is 0 Å². The van der Waals surface area contributed by atoms with E-state index >= 15 is 0 Å². The Kier molecular flexibility index (Phi) is 5.28. The van der Waals surface area contributed by atoms with Crippen molar-refractivity contribution in [1.29, 1.82) is 0 Å². The minimum atomic E-state index is 0.102. The van der Waals surface area contributed by atoms with Crippen LogP contribution in [-0.4, -0.2) is 55.1 Å². The summed E-state index contributed by atoms with van der Waals surface area (Å²) < 4.78 is 0. The molecular weight excluding hydrogens is 336 g/mol. The number of aryl methyl sites for hydroxylation is 1. The van der Waals surface area contributed by atoms with E-state index in [-0.39, 0.29) is 5.91 Å². The van der Waals surface area contributed by atoms with E-state index in [0.29, 0.717) is 5.56 Å². The van der Waals surface area contributed by atoms with Gasteiger partial charge in [0, 0.05) is 51.2 Å². The number of amides is 1. The molecule has 4 rings (SSSR count). The summed E-state index contributed by atoms with van der Waals surface area (Å²) >= 11 is 0. The van der Waals surface area contributed by atoms with Gasteiger partial charge in [-0.2, -0.15) is 0 Å². The maximum Gasteiger partial charge on any atom is 0.255 e. The molecule has 27 heavy (non-hydrogen) atoms. The fourth-order valence-corrected chi connectivity index (χ4v) is 4.04. The molecule has 5 heteroatoms. The second kappa shape index (κ2) is 7.99. The molecule has 1 aromatic heterocycles. The van der Waals surface area contributed by atoms with E-state index in [1.54, 1.807) is 6.20 Å². The lowest BCUT2D eigenvalue weighted by atomic mass is 10.1. The Morgan fingerprint density at radius 2 is 1.59 bits per heavy atom. The van der Waals surface area contributed by atoms with Gasteiger partial charge in [-0.1, -0.05) is 12.1 Å². The van der Waals surface area contributed by atoms with Crippen LogP contribution in [0.2, 0.25) is 0 Å². The van der Waals surface area contributed by atoms with E-state index in [1.165, 1.54) is 30.5 Å². The molecule has 1 aromatic carbocycles. The fraction of sp³-hybridized carbons (Fsp3) is 0.455. The number of nitrogens with zero attached hydrogens (tertiary/aromatic N) is 4. The molecule has 142 valence electrons. The molecule has 2 aliphatic rings. The Balaban J connectivity index is 1.40. The van der Waals surface area contributed by atoms with Gasteiger partial charge < -0.3 is 14.7 Å². The lowest BCUT2D eigenvalue weighted by molar-refractivity contribution is 0.0746. The number of aromatic nitrogens is 1. The standard InChI is InChI=1S/C22H28N4O/c1-18-6-5-7-20(14-18)25-10-12-26(13-11-25)22(27)19-15-21(17-23-16-19)24-8-3-2-4-9-24/h5-7,14-17H,2-4,8-13H2,1H3. The van der Waals surface area contributed by atoms with E-state index in [0.717, 1.165) is 45.0 Å². The number of rotatable bonds is 3. The molecule has 3 heterocycles. The van der Waals surface area contributed by atoms with Crippen molar-refractivity contribution in [1.82, 2.24) is 9.88 Å². The lowest BCUT2D eigenvalue weighted by Gasteiger charge is -2.36. The molecule has 0 saturated carbocycles. The minimum Gasteiger partial charge on any atom is -0.370 e. The summed E-state index contributed by atoms with van der Waals surface area (Å²) in [6, 6.07) is 10.6. The summed E-state index contributed by atoms with van der Waals surface area (Å²) in [5, 5.41) is 0. The van der Waals surface area contributed by atoms with Crippen LogP contribution in [0.4, 0.5) is 11.4 Å². The highest BCUT2D eigenvalue weighted by Gasteiger charge is 2.23. The van der Waals surface area contributed by atoms with Crippen molar-refractivity contribution in [3.05, 3.63) is 53.9 Å². The predicted molar refractivity (Wildman–Crippen MR) is 110 cm³/mol. The second-order valence-electron chi connectivity index (χ2n) is 7.60. The molecule has 2 aromatic rings. The van der Waals surface area contributed by atoms with Crippen molar-refractivity contribution in [3.8, 4) is 0 Å². The zero-order valence-corrected chi connectivity index (χ0v) is 16.1. The van der Waals surface area contributed by atoms with Gasteiger partial charge in [0.05, 0.1) is 17.4 Å². The topological polar surface area (TPSA) is 39.7 Å². The van der Waals surface area contributed by atoms with Gasteiger partial charge in [0.25, 0.3) is 5.91 Å². The Morgan fingerprint density at radius 1 is 0.852 bits per heavy atom. The molecule has 1 amide bonds. The van der Waals surface area contributed by atoms with Gasteiger partial charge >= 0.3 is 0 Å².